The van der Waals surface area contributed by atoms with Crippen LogP contribution in [0.15, 0.2) is 48.5 Å². The molecule has 31 heavy (non-hydrogen) atoms. The molecule has 2 aliphatic carbocycles. The van der Waals surface area contributed by atoms with E-state index in [1.807, 2.05) is 24.3 Å². The fourth-order valence-corrected chi connectivity index (χ4v) is 4.28. The van der Waals surface area contributed by atoms with Crippen LogP contribution in [0, 0.1) is 11.8 Å². The monoisotopic (exact) mass is 422 g/mol. The second-order valence-electron chi connectivity index (χ2n) is 8.12. The number of carboxylic acids is 1. The molecule has 0 aliphatic heterocycles. The Balaban J connectivity index is 1.26. The molecule has 1 saturated carbocycles. The quantitative estimate of drug-likeness (QED) is 0.606. The molecule has 0 radical (unpaired) electrons. The summed E-state index contributed by atoms with van der Waals surface area (Å²) >= 11 is 0. The molecule has 162 valence electrons. The maximum atomic E-state index is 12.2. The van der Waals surface area contributed by atoms with E-state index in [-0.39, 0.29) is 30.3 Å². The highest BCUT2D eigenvalue weighted by molar-refractivity contribution is 5.86. The van der Waals surface area contributed by atoms with Crippen molar-refractivity contribution >= 4 is 18.0 Å². The smallest absolute Gasteiger partial charge is 0.407 e. The molecule has 4 rings (SSSR count). The Morgan fingerprint density at radius 3 is 2.26 bits per heavy atom. The van der Waals surface area contributed by atoms with Gasteiger partial charge in [0.25, 0.3) is 0 Å². The van der Waals surface area contributed by atoms with E-state index in [9.17, 15) is 14.4 Å². The van der Waals surface area contributed by atoms with Crippen LogP contribution in [-0.2, 0) is 14.3 Å². The highest BCUT2D eigenvalue weighted by Crippen LogP contribution is 2.44. The van der Waals surface area contributed by atoms with Gasteiger partial charge in [0.05, 0.1) is 0 Å². The molecule has 0 aromatic heterocycles. The van der Waals surface area contributed by atoms with E-state index in [4.69, 9.17) is 9.84 Å². The molecule has 3 atom stereocenters. The Morgan fingerprint density at radius 1 is 1.06 bits per heavy atom. The second kappa shape index (κ2) is 8.79. The van der Waals surface area contributed by atoms with Crippen molar-refractivity contribution in [3.63, 3.8) is 0 Å². The molecule has 7 nitrogen and oxygen atoms in total. The molecule has 0 heterocycles. The lowest BCUT2D eigenvalue weighted by Crippen LogP contribution is -2.41. The molecule has 2 aliphatic rings. The number of carbonyl (C=O) groups excluding carboxylic acids is 2. The average molecular weight is 422 g/mol. The normalized spacial score (nSPS) is 19.6. The third-order valence-corrected chi connectivity index (χ3v) is 6.13. The molecule has 2 aromatic rings. The van der Waals surface area contributed by atoms with Gasteiger partial charge in [-0.3, -0.25) is 4.79 Å². The summed E-state index contributed by atoms with van der Waals surface area (Å²) < 4.78 is 5.50. The van der Waals surface area contributed by atoms with Crippen LogP contribution >= 0.6 is 0 Å². The van der Waals surface area contributed by atoms with Crippen LogP contribution in [0.4, 0.5) is 4.79 Å². The summed E-state index contributed by atoms with van der Waals surface area (Å²) in [5.41, 5.74) is 4.65. The van der Waals surface area contributed by atoms with Gasteiger partial charge < -0.3 is 20.5 Å². The van der Waals surface area contributed by atoms with Crippen molar-refractivity contribution in [3.8, 4) is 11.1 Å². The minimum atomic E-state index is -1.04. The van der Waals surface area contributed by atoms with Gasteiger partial charge in [-0.15, -0.1) is 0 Å². The predicted octanol–water partition coefficient (Wildman–Crippen LogP) is 3.14. The van der Waals surface area contributed by atoms with Crippen molar-refractivity contribution in [2.45, 2.75) is 31.7 Å². The number of aliphatic carboxylic acids is 1. The van der Waals surface area contributed by atoms with Gasteiger partial charge in [0, 0.05) is 18.4 Å². The minimum Gasteiger partial charge on any atom is -0.480 e. The number of carboxylic acid groups (broad SMARTS) is 1. The van der Waals surface area contributed by atoms with Crippen LogP contribution in [0.25, 0.3) is 11.1 Å². The molecule has 1 unspecified atom stereocenters. The zero-order chi connectivity index (χ0) is 22.0. The van der Waals surface area contributed by atoms with E-state index in [1.165, 1.54) is 11.1 Å². The fraction of sp³-hybridized carbons (Fsp3) is 0.375. The van der Waals surface area contributed by atoms with Crippen molar-refractivity contribution < 1.29 is 24.2 Å². The summed E-state index contributed by atoms with van der Waals surface area (Å²) in [6.45, 7) is 2.28. The Labute approximate surface area is 180 Å². The number of fused-ring (bicyclic) bond motifs is 3. The predicted molar refractivity (Wildman–Crippen MR) is 115 cm³/mol. The van der Waals surface area contributed by atoms with E-state index in [2.05, 4.69) is 34.9 Å². The topological polar surface area (TPSA) is 105 Å². The van der Waals surface area contributed by atoms with Crippen molar-refractivity contribution in [3.05, 3.63) is 59.7 Å². The van der Waals surface area contributed by atoms with Gasteiger partial charge in [-0.05, 0) is 41.0 Å². The van der Waals surface area contributed by atoms with E-state index in [0.29, 0.717) is 19.4 Å². The number of rotatable bonds is 8. The van der Waals surface area contributed by atoms with Crippen molar-refractivity contribution in [2.24, 2.45) is 11.8 Å². The molecule has 1 fully saturated rings. The Kier molecular flexibility index (Phi) is 5.93. The number of alkyl carbamates (subject to hydrolysis) is 1. The summed E-state index contributed by atoms with van der Waals surface area (Å²) in [6, 6.07) is 15.4. The first-order valence-corrected chi connectivity index (χ1v) is 10.6. The van der Waals surface area contributed by atoms with Gasteiger partial charge in [0.15, 0.2) is 0 Å². The van der Waals surface area contributed by atoms with Crippen LogP contribution < -0.4 is 10.6 Å². The Morgan fingerprint density at radius 2 is 1.68 bits per heavy atom. The van der Waals surface area contributed by atoms with E-state index in [1.54, 1.807) is 6.92 Å². The number of carbonyl (C=O) groups is 3. The third kappa shape index (κ3) is 4.40. The number of hydrogen-bond acceptors (Lipinski definition) is 4. The van der Waals surface area contributed by atoms with Crippen molar-refractivity contribution in [1.29, 1.82) is 0 Å². The summed E-state index contributed by atoms with van der Waals surface area (Å²) in [7, 11) is 0. The highest BCUT2D eigenvalue weighted by Gasteiger charge is 2.43. The molecule has 2 amide bonds. The molecular weight excluding hydrogens is 396 g/mol. The lowest BCUT2D eigenvalue weighted by molar-refractivity contribution is -0.142. The average Bonchev–Trinajstić information content (AvgIpc) is 3.49. The standard InChI is InChI=1S/C24H26N2O5/c1-2-21(23(28)29)26-22(27)19-11-14(19)12-25-24(30)31-13-20-17-9-5-3-7-15(17)16-8-4-6-10-18(16)20/h3-10,14,19-21H,2,11-13H2,1H3,(H,25,30)(H,26,27)(H,28,29)/t14-,19-,21?/m0/s1. The van der Waals surface area contributed by atoms with E-state index >= 15 is 0 Å². The van der Waals surface area contributed by atoms with Gasteiger partial charge in [-0.2, -0.15) is 0 Å². The lowest BCUT2D eigenvalue weighted by atomic mass is 9.98. The molecule has 7 heteroatoms. The SMILES string of the molecule is CCC(NC(=O)[C@H]1C[C@H]1CNC(=O)OCC1c2ccccc2-c2ccccc21)C(=O)O. The second-order valence-corrected chi connectivity index (χ2v) is 8.12. The zero-order valence-corrected chi connectivity index (χ0v) is 17.3. The zero-order valence-electron chi connectivity index (χ0n) is 17.3. The Bertz CT molecular complexity index is 959. The maximum Gasteiger partial charge on any atom is 0.407 e. The maximum absolute atomic E-state index is 12.2. The first-order chi connectivity index (χ1) is 15.0. The summed E-state index contributed by atoms with van der Waals surface area (Å²) in [4.78, 5) is 35.4. The number of hydrogen-bond donors (Lipinski definition) is 3. The number of benzene rings is 2. The fourth-order valence-electron chi connectivity index (χ4n) is 4.28. The highest BCUT2D eigenvalue weighted by atomic mass is 16.5. The largest absolute Gasteiger partial charge is 0.480 e. The lowest BCUT2D eigenvalue weighted by Gasteiger charge is -2.15. The molecule has 3 N–H and O–H groups in total. The molecule has 2 aromatic carbocycles. The van der Waals surface area contributed by atoms with Gasteiger partial charge in [-0.1, -0.05) is 55.5 Å². The number of amides is 2. The van der Waals surface area contributed by atoms with Crippen molar-refractivity contribution in [2.75, 3.05) is 13.2 Å². The number of ether oxygens (including phenoxy) is 1. The summed E-state index contributed by atoms with van der Waals surface area (Å²) in [5, 5.41) is 14.3. The van der Waals surface area contributed by atoms with Crippen LogP contribution in [0.5, 0.6) is 0 Å². The van der Waals surface area contributed by atoms with Gasteiger partial charge in [0.2, 0.25) is 5.91 Å². The minimum absolute atomic E-state index is 0.000373. The van der Waals surface area contributed by atoms with Crippen LogP contribution in [0.1, 0.15) is 36.8 Å². The van der Waals surface area contributed by atoms with Crippen LogP contribution in [0.2, 0.25) is 0 Å². The van der Waals surface area contributed by atoms with E-state index < -0.39 is 18.1 Å². The molecule has 0 bridgehead atoms. The Hall–Kier alpha value is -3.35. The summed E-state index contributed by atoms with van der Waals surface area (Å²) in [6.07, 6.45) is 0.451. The van der Waals surface area contributed by atoms with Gasteiger partial charge >= 0.3 is 12.1 Å². The van der Waals surface area contributed by atoms with Gasteiger partial charge in [0.1, 0.15) is 12.6 Å². The summed E-state index contributed by atoms with van der Waals surface area (Å²) in [5.74, 6) is -1.56. The van der Waals surface area contributed by atoms with Gasteiger partial charge in [-0.25, -0.2) is 9.59 Å². The first-order valence-electron chi connectivity index (χ1n) is 10.6. The third-order valence-electron chi connectivity index (χ3n) is 6.13. The molecular formula is C24H26N2O5. The van der Waals surface area contributed by atoms with Crippen LogP contribution in [0.3, 0.4) is 0 Å². The molecule has 0 spiro atoms. The number of nitrogens with one attached hydrogen (secondary N) is 2. The van der Waals surface area contributed by atoms with E-state index in [0.717, 1.165) is 11.1 Å². The van der Waals surface area contributed by atoms with Crippen molar-refractivity contribution in [1.82, 2.24) is 10.6 Å². The molecule has 0 saturated heterocycles. The first kappa shape index (κ1) is 20.9. The van der Waals surface area contributed by atoms with Crippen LogP contribution in [-0.4, -0.2) is 42.3 Å².